The summed E-state index contributed by atoms with van der Waals surface area (Å²) in [7, 11) is 3.01. The molecule has 2 fully saturated rings. The number of alkyl carbamates (subject to hydrolysis) is 1. The minimum Gasteiger partial charge on any atom is -0.453 e. The Kier molecular flexibility index (Phi) is 11.4. The van der Waals surface area contributed by atoms with Crippen LogP contribution in [0.1, 0.15) is 43.8 Å². The number of rotatable bonds is 10. The third-order valence-electron chi connectivity index (χ3n) is 6.68. The van der Waals surface area contributed by atoms with Gasteiger partial charge in [0.05, 0.1) is 25.9 Å². The smallest absolute Gasteiger partial charge is 0.406 e. The molecular formula is C26H39FN4O5. The van der Waals surface area contributed by atoms with Gasteiger partial charge in [-0.2, -0.15) is 0 Å². The molecule has 0 aliphatic carbocycles. The lowest BCUT2D eigenvalue weighted by atomic mass is 9.88. The first-order valence-corrected chi connectivity index (χ1v) is 12.7. The van der Waals surface area contributed by atoms with Gasteiger partial charge in [0.1, 0.15) is 5.82 Å². The lowest BCUT2D eigenvalue weighted by molar-refractivity contribution is -0.00876. The average molecular weight is 507 g/mol. The number of aliphatic imine (C=N–C) groups is 1. The Balaban J connectivity index is 1.63. The number of carbonyl (C=O) groups excluding carboxylic acids is 2. The predicted octanol–water partition coefficient (Wildman–Crippen LogP) is 3.55. The fraction of sp³-hybridized carbons (Fsp3) is 0.654. The molecule has 0 radical (unpaired) electrons. The summed E-state index contributed by atoms with van der Waals surface area (Å²) in [6.07, 6.45) is 5.43. The molecule has 10 heteroatoms. The van der Waals surface area contributed by atoms with Gasteiger partial charge < -0.3 is 29.7 Å². The highest BCUT2D eigenvalue weighted by atomic mass is 19.1. The maximum atomic E-state index is 14.0. The van der Waals surface area contributed by atoms with Crippen molar-refractivity contribution in [3.63, 3.8) is 0 Å². The lowest BCUT2D eigenvalue weighted by Gasteiger charge is -2.37. The van der Waals surface area contributed by atoms with Crippen LogP contribution in [0.3, 0.4) is 0 Å². The summed E-state index contributed by atoms with van der Waals surface area (Å²) in [6.45, 7) is 3.14. The summed E-state index contributed by atoms with van der Waals surface area (Å²) in [6, 6.07) is 6.07. The Morgan fingerprint density at radius 2 is 2.19 bits per heavy atom. The number of amides is 3. The first-order valence-electron chi connectivity index (χ1n) is 12.7. The third kappa shape index (κ3) is 8.74. The van der Waals surface area contributed by atoms with Gasteiger partial charge in [0.25, 0.3) is 0 Å². The van der Waals surface area contributed by atoms with Crippen LogP contribution in [-0.2, 0) is 14.2 Å². The Morgan fingerprint density at radius 1 is 1.33 bits per heavy atom. The second kappa shape index (κ2) is 14.7. The number of ether oxygens (including phenoxy) is 3. The number of hydrogen-bond donors (Lipinski definition) is 2. The zero-order valence-electron chi connectivity index (χ0n) is 21.3. The highest BCUT2D eigenvalue weighted by Crippen LogP contribution is 2.33. The molecule has 1 aromatic carbocycles. The van der Waals surface area contributed by atoms with Gasteiger partial charge in [0.15, 0.2) is 0 Å². The standard InChI is InChI=1S/C26H39FN4O5/c1-28-16-23(14-19-6-5-12-35-18-19)30-25(32)31-11-4-8-21(17-31)24(20-7-3-9-22(27)15-20)36-13-10-29-26(33)34-2/h3,7,9,15-16,19,21,23-24H,4-6,8,10-14,17-18H2,1-2H3,(H,29,33)(H,30,32)/t19-,21+,23-,24-/m0/s1. The van der Waals surface area contributed by atoms with E-state index in [0.717, 1.165) is 38.7 Å². The third-order valence-corrected chi connectivity index (χ3v) is 6.68. The molecule has 0 unspecified atom stereocenters. The molecule has 9 nitrogen and oxygen atoms in total. The van der Waals surface area contributed by atoms with E-state index in [1.807, 2.05) is 11.0 Å². The average Bonchev–Trinajstić information content (AvgIpc) is 2.89. The van der Waals surface area contributed by atoms with Crippen molar-refractivity contribution in [3.05, 3.63) is 35.6 Å². The Labute approximate surface area is 212 Å². The number of carbonyl (C=O) groups is 2. The fourth-order valence-electron chi connectivity index (χ4n) is 4.98. The molecule has 1 aromatic rings. The van der Waals surface area contributed by atoms with E-state index >= 15 is 0 Å². The first-order chi connectivity index (χ1) is 17.5. The van der Waals surface area contributed by atoms with Crippen molar-refractivity contribution < 1.29 is 28.2 Å². The maximum Gasteiger partial charge on any atom is 0.406 e. The quantitative estimate of drug-likeness (QED) is 0.373. The zero-order chi connectivity index (χ0) is 25.8. The number of nitrogens with one attached hydrogen (secondary N) is 2. The summed E-state index contributed by atoms with van der Waals surface area (Å²) in [5, 5.41) is 5.73. The van der Waals surface area contributed by atoms with Crippen LogP contribution in [0, 0.1) is 17.7 Å². The van der Waals surface area contributed by atoms with Crippen LogP contribution in [0.5, 0.6) is 0 Å². The predicted molar refractivity (Wildman–Crippen MR) is 135 cm³/mol. The van der Waals surface area contributed by atoms with E-state index in [9.17, 15) is 14.0 Å². The molecule has 0 spiro atoms. The van der Waals surface area contributed by atoms with Crippen LogP contribution >= 0.6 is 0 Å². The van der Waals surface area contributed by atoms with Crippen molar-refractivity contribution in [3.8, 4) is 0 Å². The van der Waals surface area contributed by atoms with Crippen molar-refractivity contribution in [2.24, 2.45) is 16.8 Å². The number of piperidine rings is 1. The number of nitrogens with zero attached hydrogens (tertiary/aromatic N) is 2. The van der Waals surface area contributed by atoms with Crippen LogP contribution in [0.2, 0.25) is 0 Å². The van der Waals surface area contributed by atoms with E-state index in [2.05, 4.69) is 20.4 Å². The van der Waals surface area contributed by atoms with Crippen molar-refractivity contribution in [1.82, 2.24) is 15.5 Å². The summed E-state index contributed by atoms with van der Waals surface area (Å²) < 4.78 is 30.3. The van der Waals surface area contributed by atoms with Gasteiger partial charge in [0, 0.05) is 52.0 Å². The first kappa shape index (κ1) is 27.9. The molecule has 3 amide bonds. The fourth-order valence-corrected chi connectivity index (χ4v) is 4.98. The van der Waals surface area contributed by atoms with Crippen LogP contribution in [0.15, 0.2) is 29.3 Å². The van der Waals surface area contributed by atoms with E-state index in [0.29, 0.717) is 31.2 Å². The van der Waals surface area contributed by atoms with E-state index in [4.69, 9.17) is 9.47 Å². The number of likely N-dealkylation sites (tertiary alicyclic amines) is 1. The van der Waals surface area contributed by atoms with Crippen molar-refractivity contribution in [2.75, 3.05) is 53.6 Å². The Morgan fingerprint density at radius 3 is 2.92 bits per heavy atom. The molecule has 2 aliphatic heterocycles. The van der Waals surface area contributed by atoms with Gasteiger partial charge in [0.2, 0.25) is 0 Å². The Hall–Kier alpha value is -2.72. The number of hydrogen-bond acceptors (Lipinski definition) is 6. The van der Waals surface area contributed by atoms with Gasteiger partial charge in [-0.05, 0) is 55.7 Å². The second-order valence-electron chi connectivity index (χ2n) is 9.40. The van der Waals surface area contributed by atoms with Crippen LogP contribution in [0.4, 0.5) is 14.0 Å². The van der Waals surface area contributed by atoms with Crippen LogP contribution < -0.4 is 10.6 Å². The molecule has 0 aromatic heterocycles. The van der Waals surface area contributed by atoms with Gasteiger partial charge in [-0.15, -0.1) is 0 Å². The molecule has 200 valence electrons. The minimum atomic E-state index is -0.536. The number of urea groups is 1. The second-order valence-corrected chi connectivity index (χ2v) is 9.40. The summed E-state index contributed by atoms with van der Waals surface area (Å²) in [5.41, 5.74) is 0.716. The molecule has 2 N–H and O–H groups in total. The molecular weight excluding hydrogens is 467 g/mol. The lowest BCUT2D eigenvalue weighted by Crippen LogP contribution is -2.50. The van der Waals surface area contributed by atoms with Gasteiger partial charge in [-0.1, -0.05) is 12.1 Å². The van der Waals surface area contributed by atoms with E-state index < -0.39 is 12.2 Å². The monoisotopic (exact) mass is 506 g/mol. The molecule has 0 saturated carbocycles. The molecule has 2 saturated heterocycles. The van der Waals surface area contributed by atoms with E-state index in [1.165, 1.54) is 19.2 Å². The number of benzene rings is 1. The van der Waals surface area contributed by atoms with Crippen molar-refractivity contribution in [2.45, 2.75) is 44.2 Å². The molecule has 2 aliphatic rings. The summed E-state index contributed by atoms with van der Waals surface area (Å²) in [5.74, 6) is 0.0440. The van der Waals surface area contributed by atoms with Gasteiger partial charge >= 0.3 is 12.1 Å². The number of halogens is 1. The van der Waals surface area contributed by atoms with Crippen molar-refractivity contribution in [1.29, 1.82) is 0 Å². The zero-order valence-corrected chi connectivity index (χ0v) is 21.3. The Bertz CT molecular complexity index is 864. The van der Waals surface area contributed by atoms with E-state index in [-0.39, 0.29) is 37.0 Å². The SMILES string of the molecule is CN=C[C@H](C[C@@H]1CCCOC1)NC(=O)N1CCC[C@@H]([C@@H](OCCNC(=O)OC)c2cccc(F)c2)C1. The normalized spacial score (nSPS) is 22.1. The molecule has 4 atom stereocenters. The minimum absolute atomic E-state index is 0.0190. The van der Waals surface area contributed by atoms with Gasteiger partial charge in [-0.25, -0.2) is 14.0 Å². The largest absolute Gasteiger partial charge is 0.453 e. The molecule has 36 heavy (non-hydrogen) atoms. The summed E-state index contributed by atoms with van der Waals surface area (Å²) >= 11 is 0. The van der Waals surface area contributed by atoms with Crippen LogP contribution in [0.25, 0.3) is 0 Å². The number of methoxy groups -OCH3 is 1. The highest BCUT2D eigenvalue weighted by molar-refractivity contribution is 5.79. The summed E-state index contributed by atoms with van der Waals surface area (Å²) in [4.78, 5) is 30.5. The highest BCUT2D eigenvalue weighted by Gasteiger charge is 2.32. The molecule has 3 rings (SSSR count). The topological polar surface area (TPSA) is 101 Å². The van der Waals surface area contributed by atoms with Crippen molar-refractivity contribution >= 4 is 18.3 Å². The maximum absolute atomic E-state index is 14.0. The van der Waals surface area contributed by atoms with E-state index in [1.54, 1.807) is 19.3 Å². The molecule has 2 heterocycles. The van der Waals surface area contributed by atoms with Crippen LogP contribution in [-0.4, -0.2) is 82.9 Å². The van der Waals surface area contributed by atoms with Gasteiger partial charge in [-0.3, -0.25) is 4.99 Å². The molecule has 0 bridgehead atoms.